The molecule has 0 aliphatic carbocycles. The molecule has 1 fully saturated rings. The van der Waals surface area contributed by atoms with Crippen LogP contribution in [0.5, 0.6) is 0 Å². The highest BCUT2D eigenvalue weighted by atomic mass is 35.5. The first kappa shape index (κ1) is 16.6. The fourth-order valence-electron chi connectivity index (χ4n) is 2.93. The molecule has 0 radical (unpaired) electrons. The van der Waals surface area contributed by atoms with Crippen molar-refractivity contribution in [1.29, 1.82) is 0 Å². The van der Waals surface area contributed by atoms with E-state index in [4.69, 9.17) is 16.0 Å². The summed E-state index contributed by atoms with van der Waals surface area (Å²) in [5.41, 5.74) is 1.01. The van der Waals surface area contributed by atoms with Crippen molar-refractivity contribution in [3.63, 3.8) is 0 Å². The maximum Gasteiger partial charge on any atom is 0.228 e. The van der Waals surface area contributed by atoms with Crippen LogP contribution in [0.2, 0.25) is 5.02 Å². The fourth-order valence-corrected chi connectivity index (χ4v) is 3.06. The molecule has 24 heavy (non-hydrogen) atoms. The summed E-state index contributed by atoms with van der Waals surface area (Å²) >= 11 is 5.87. The van der Waals surface area contributed by atoms with Gasteiger partial charge >= 0.3 is 0 Å². The summed E-state index contributed by atoms with van der Waals surface area (Å²) in [5.74, 6) is 0.403. The Kier molecular flexibility index (Phi) is 4.90. The van der Waals surface area contributed by atoms with Gasteiger partial charge in [0, 0.05) is 31.6 Å². The van der Waals surface area contributed by atoms with Gasteiger partial charge in [-0.15, -0.1) is 0 Å². The van der Waals surface area contributed by atoms with E-state index in [0.29, 0.717) is 24.7 Å². The number of hydrogen-bond donors (Lipinski definition) is 0. The molecule has 1 saturated heterocycles. The Hall–Kier alpha value is -2.27. The number of hydrogen-bond acceptors (Lipinski definition) is 3. The standard InChI is InChI=1S/C18H19ClN2O3/c1-20(10-13-4-6-15(19)7-5-13)18(23)14-9-17(22)21(11-14)12-16-3-2-8-24-16/h2-8,14H,9-12H2,1H3. The zero-order valence-electron chi connectivity index (χ0n) is 13.4. The molecule has 0 bridgehead atoms. The molecule has 2 amide bonds. The summed E-state index contributed by atoms with van der Waals surface area (Å²) in [7, 11) is 1.76. The second-order valence-corrected chi connectivity index (χ2v) is 6.51. The van der Waals surface area contributed by atoms with Crippen molar-refractivity contribution in [3.05, 3.63) is 59.0 Å². The minimum absolute atomic E-state index is 0.00959. The van der Waals surface area contributed by atoms with Crippen LogP contribution in [-0.2, 0) is 22.7 Å². The maximum absolute atomic E-state index is 12.6. The van der Waals surface area contributed by atoms with Crippen LogP contribution < -0.4 is 0 Å². The Balaban J connectivity index is 1.58. The molecule has 0 N–H and O–H groups in total. The molecule has 5 nitrogen and oxygen atoms in total. The Morgan fingerprint density at radius 2 is 2.08 bits per heavy atom. The lowest BCUT2D eigenvalue weighted by atomic mass is 10.1. The normalized spacial score (nSPS) is 17.3. The van der Waals surface area contributed by atoms with E-state index >= 15 is 0 Å². The van der Waals surface area contributed by atoms with Crippen LogP contribution >= 0.6 is 11.6 Å². The van der Waals surface area contributed by atoms with Crippen LogP contribution in [0, 0.1) is 5.92 Å². The number of furan rings is 1. The predicted octanol–water partition coefficient (Wildman–Crippen LogP) is 2.94. The number of likely N-dealkylation sites (tertiary alicyclic amines) is 1. The molecule has 1 unspecified atom stereocenters. The summed E-state index contributed by atoms with van der Waals surface area (Å²) in [6.07, 6.45) is 1.84. The third-order valence-electron chi connectivity index (χ3n) is 4.20. The number of halogens is 1. The van der Waals surface area contributed by atoms with Gasteiger partial charge < -0.3 is 14.2 Å². The van der Waals surface area contributed by atoms with Crippen LogP contribution in [0.25, 0.3) is 0 Å². The second kappa shape index (κ2) is 7.09. The number of carbonyl (C=O) groups is 2. The predicted molar refractivity (Wildman–Crippen MR) is 90.2 cm³/mol. The van der Waals surface area contributed by atoms with E-state index in [1.165, 1.54) is 0 Å². The second-order valence-electron chi connectivity index (χ2n) is 6.08. The van der Waals surface area contributed by atoms with Gasteiger partial charge in [-0.3, -0.25) is 9.59 Å². The molecule has 1 aliphatic rings. The van der Waals surface area contributed by atoms with Crippen molar-refractivity contribution in [1.82, 2.24) is 9.80 Å². The molecule has 1 aromatic carbocycles. The highest BCUT2D eigenvalue weighted by Crippen LogP contribution is 2.23. The lowest BCUT2D eigenvalue weighted by Crippen LogP contribution is -2.34. The Morgan fingerprint density at radius 1 is 1.33 bits per heavy atom. The molecule has 3 rings (SSSR count). The monoisotopic (exact) mass is 346 g/mol. The van der Waals surface area contributed by atoms with Gasteiger partial charge in [-0.05, 0) is 29.8 Å². The molecule has 6 heteroatoms. The van der Waals surface area contributed by atoms with Crippen LogP contribution in [0.15, 0.2) is 47.1 Å². The van der Waals surface area contributed by atoms with E-state index in [1.54, 1.807) is 41.3 Å². The largest absolute Gasteiger partial charge is 0.467 e. The number of rotatable bonds is 5. The quantitative estimate of drug-likeness (QED) is 0.836. The van der Waals surface area contributed by atoms with Crippen molar-refractivity contribution in [2.24, 2.45) is 5.92 Å². The number of carbonyl (C=O) groups excluding carboxylic acids is 2. The molecule has 1 aromatic heterocycles. The molecule has 0 spiro atoms. The van der Waals surface area contributed by atoms with Crippen molar-refractivity contribution in [3.8, 4) is 0 Å². The lowest BCUT2D eigenvalue weighted by Gasteiger charge is -2.21. The molecule has 2 heterocycles. The third-order valence-corrected chi connectivity index (χ3v) is 4.45. The summed E-state index contributed by atoms with van der Waals surface area (Å²) in [5, 5.41) is 0.669. The van der Waals surface area contributed by atoms with E-state index in [2.05, 4.69) is 0 Å². The summed E-state index contributed by atoms with van der Waals surface area (Å²) in [6, 6.07) is 11.0. The number of amides is 2. The van der Waals surface area contributed by atoms with E-state index in [9.17, 15) is 9.59 Å². The molecule has 1 aliphatic heterocycles. The first-order chi connectivity index (χ1) is 11.5. The molecular weight excluding hydrogens is 328 g/mol. The zero-order valence-corrected chi connectivity index (χ0v) is 14.2. The van der Waals surface area contributed by atoms with Gasteiger partial charge in [0.1, 0.15) is 5.76 Å². The van der Waals surface area contributed by atoms with Crippen molar-refractivity contribution >= 4 is 23.4 Å². The first-order valence-electron chi connectivity index (χ1n) is 7.82. The fraction of sp³-hybridized carbons (Fsp3) is 0.333. The molecule has 2 aromatic rings. The zero-order chi connectivity index (χ0) is 17.1. The van der Waals surface area contributed by atoms with Crippen LogP contribution in [-0.4, -0.2) is 35.2 Å². The summed E-state index contributed by atoms with van der Waals surface area (Å²) < 4.78 is 5.28. The molecule has 1 atom stereocenters. The van der Waals surface area contributed by atoms with Crippen LogP contribution in [0.4, 0.5) is 0 Å². The van der Waals surface area contributed by atoms with Gasteiger partial charge in [-0.25, -0.2) is 0 Å². The maximum atomic E-state index is 12.6. The highest BCUT2D eigenvalue weighted by Gasteiger charge is 2.35. The van der Waals surface area contributed by atoms with Crippen LogP contribution in [0.1, 0.15) is 17.7 Å². The topological polar surface area (TPSA) is 53.8 Å². The van der Waals surface area contributed by atoms with Gasteiger partial charge in [0.15, 0.2) is 0 Å². The Bertz CT molecular complexity index is 712. The van der Waals surface area contributed by atoms with Gasteiger partial charge in [-0.2, -0.15) is 0 Å². The SMILES string of the molecule is CN(Cc1ccc(Cl)cc1)C(=O)C1CC(=O)N(Cc2ccco2)C1. The number of nitrogens with zero attached hydrogens (tertiary/aromatic N) is 2. The van der Waals surface area contributed by atoms with Crippen LogP contribution in [0.3, 0.4) is 0 Å². The third kappa shape index (κ3) is 3.79. The average molecular weight is 347 g/mol. The van der Waals surface area contributed by atoms with Gasteiger partial charge in [0.25, 0.3) is 0 Å². The minimum Gasteiger partial charge on any atom is -0.467 e. The molecular formula is C18H19ClN2O3. The summed E-state index contributed by atoms with van der Waals surface area (Å²) in [4.78, 5) is 28.1. The van der Waals surface area contributed by atoms with Crippen molar-refractivity contribution < 1.29 is 14.0 Å². The smallest absolute Gasteiger partial charge is 0.228 e. The Morgan fingerprint density at radius 3 is 2.75 bits per heavy atom. The van der Waals surface area contributed by atoms with Crippen molar-refractivity contribution in [2.75, 3.05) is 13.6 Å². The lowest BCUT2D eigenvalue weighted by molar-refractivity contribution is -0.135. The van der Waals surface area contributed by atoms with E-state index < -0.39 is 0 Å². The number of benzene rings is 1. The molecule has 126 valence electrons. The Labute approximate surface area is 145 Å². The summed E-state index contributed by atoms with van der Waals surface area (Å²) in [6.45, 7) is 1.35. The average Bonchev–Trinajstić information content (AvgIpc) is 3.20. The first-order valence-corrected chi connectivity index (χ1v) is 8.20. The van der Waals surface area contributed by atoms with E-state index in [1.807, 2.05) is 18.2 Å². The minimum atomic E-state index is -0.301. The van der Waals surface area contributed by atoms with Gasteiger partial charge in [0.05, 0.1) is 18.7 Å². The molecule has 0 saturated carbocycles. The van der Waals surface area contributed by atoms with Crippen molar-refractivity contribution in [2.45, 2.75) is 19.5 Å². The van der Waals surface area contributed by atoms with E-state index in [0.717, 1.165) is 11.3 Å². The van der Waals surface area contributed by atoms with E-state index in [-0.39, 0.29) is 24.2 Å². The van der Waals surface area contributed by atoms with Gasteiger partial charge in [-0.1, -0.05) is 23.7 Å². The highest BCUT2D eigenvalue weighted by molar-refractivity contribution is 6.30. The van der Waals surface area contributed by atoms with Gasteiger partial charge in [0.2, 0.25) is 11.8 Å².